The number of hydrogen-bond donors (Lipinski definition) is 1. The summed E-state index contributed by atoms with van der Waals surface area (Å²) in [5.41, 5.74) is 2.73. The second-order valence-corrected chi connectivity index (χ2v) is 9.17. The third kappa shape index (κ3) is 5.43. The SMILES string of the molecule is C=CCn1c(COc2ccc3ccccc3c2C)nnc1SCC(=O)Nc1ccc(Cl)cc1C. The summed E-state index contributed by atoms with van der Waals surface area (Å²) in [5, 5.41) is 15.1. The van der Waals surface area contributed by atoms with Crippen molar-refractivity contribution in [3.63, 3.8) is 0 Å². The molecule has 34 heavy (non-hydrogen) atoms. The van der Waals surface area contributed by atoms with E-state index in [1.807, 2.05) is 35.8 Å². The summed E-state index contributed by atoms with van der Waals surface area (Å²) in [6.45, 7) is 8.56. The van der Waals surface area contributed by atoms with Crippen molar-refractivity contribution in [3.8, 4) is 5.75 Å². The first-order valence-electron chi connectivity index (χ1n) is 10.8. The molecule has 6 nitrogen and oxygen atoms in total. The molecule has 0 aliphatic carbocycles. The average molecular weight is 493 g/mol. The van der Waals surface area contributed by atoms with E-state index in [2.05, 4.69) is 47.2 Å². The van der Waals surface area contributed by atoms with Crippen molar-refractivity contribution in [3.05, 3.63) is 89.2 Å². The number of aryl methyl sites for hydroxylation is 2. The zero-order chi connectivity index (χ0) is 24.1. The number of hydrogen-bond acceptors (Lipinski definition) is 5. The van der Waals surface area contributed by atoms with Crippen molar-refractivity contribution in [2.45, 2.75) is 32.2 Å². The van der Waals surface area contributed by atoms with Crippen LogP contribution in [0.15, 0.2) is 72.4 Å². The maximum absolute atomic E-state index is 12.5. The van der Waals surface area contributed by atoms with Crippen molar-refractivity contribution in [1.29, 1.82) is 0 Å². The van der Waals surface area contributed by atoms with Gasteiger partial charge in [0, 0.05) is 17.3 Å². The lowest BCUT2D eigenvalue weighted by Crippen LogP contribution is -2.15. The van der Waals surface area contributed by atoms with Crippen LogP contribution in [0.1, 0.15) is 17.0 Å². The summed E-state index contributed by atoms with van der Waals surface area (Å²) in [7, 11) is 0. The highest BCUT2D eigenvalue weighted by molar-refractivity contribution is 7.99. The minimum absolute atomic E-state index is 0.131. The Morgan fingerprint density at radius 1 is 1.18 bits per heavy atom. The summed E-state index contributed by atoms with van der Waals surface area (Å²) in [6.07, 6.45) is 1.77. The van der Waals surface area contributed by atoms with Gasteiger partial charge in [-0.15, -0.1) is 16.8 Å². The fourth-order valence-corrected chi connectivity index (χ4v) is 4.63. The Balaban J connectivity index is 1.43. The normalized spacial score (nSPS) is 10.9. The standard InChI is InChI=1S/C26H25ClN4O2S/c1-4-13-31-24(15-33-23-12-9-19-7-5-6-8-21(19)18(23)3)29-30-26(31)34-16-25(32)28-22-11-10-20(27)14-17(22)2/h4-12,14H,1,13,15-16H2,2-3H3,(H,28,32). The van der Waals surface area contributed by atoms with Gasteiger partial charge in [-0.05, 0) is 60.0 Å². The quantitative estimate of drug-likeness (QED) is 0.222. The minimum Gasteiger partial charge on any atom is -0.485 e. The van der Waals surface area contributed by atoms with E-state index in [0.29, 0.717) is 22.5 Å². The summed E-state index contributed by atoms with van der Waals surface area (Å²) in [6, 6.07) is 17.6. The summed E-state index contributed by atoms with van der Waals surface area (Å²) in [4.78, 5) is 12.5. The molecule has 3 aromatic carbocycles. The number of nitrogens with one attached hydrogen (secondary N) is 1. The molecule has 0 saturated carbocycles. The molecule has 0 aliphatic rings. The molecular formula is C26H25ClN4O2S. The highest BCUT2D eigenvalue weighted by Gasteiger charge is 2.15. The Hall–Kier alpha value is -3.29. The highest BCUT2D eigenvalue weighted by Crippen LogP contribution is 2.28. The number of anilines is 1. The number of fused-ring (bicyclic) bond motifs is 1. The predicted octanol–water partition coefficient (Wildman–Crippen LogP) is 6.20. The maximum atomic E-state index is 12.5. The van der Waals surface area contributed by atoms with E-state index in [1.165, 1.54) is 17.1 Å². The van der Waals surface area contributed by atoms with Gasteiger partial charge in [-0.2, -0.15) is 0 Å². The largest absolute Gasteiger partial charge is 0.485 e. The van der Waals surface area contributed by atoms with Gasteiger partial charge in [0.05, 0.1) is 5.75 Å². The van der Waals surface area contributed by atoms with Gasteiger partial charge in [-0.3, -0.25) is 9.36 Å². The van der Waals surface area contributed by atoms with E-state index in [0.717, 1.165) is 28.0 Å². The molecule has 1 N–H and O–H groups in total. The molecular weight excluding hydrogens is 468 g/mol. The predicted molar refractivity (Wildman–Crippen MR) is 139 cm³/mol. The Bertz CT molecular complexity index is 1350. The van der Waals surface area contributed by atoms with E-state index in [9.17, 15) is 4.79 Å². The zero-order valence-corrected chi connectivity index (χ0v) is 20.6. The van der Waals surface area contributed by atoms with E-state index < -0.39 is 0 Å². The molecule has 1 heterocycles. The molecule has 174 valence electrons. The molecule has 0 saturated heterocycles. The van der Waals surface area contributed by atoms with Gasteiger partial charge in [-0.1, -0.05) is 59.8 Å². The molecule has 1 amide bonds. The number of allylic oxidation sites excluding steroid dienone is 1. The summed E-state index contributed by atoms with van der Waals surface area (Å²) >= 11 is 7.31. The van der Waals surface area contributed by atoms with Crippen LogP contribution >= 0.6 is 23.4 Å². The molecule has 1 aromatic heterocycles. The van der Waals surface area contributed by atoms with Gasteiger partial charge in [0.1, 0.15) is 12.4 Å². The highest BCUT2D eigenvalue weighted by atomic mass is 35.5. The van der Waals surface area contributed by atoms with Crippen LogP contribution < -0.4 is 10.1 Å². The lowest BCUT2D eigenvalue weighted by molar-refractivity contribution is -0.113. The Labute approximate surface area is 208 Å². The van der Waals surface area contributed by atoms with E-state index in [-0.39, 0.29) is 18.3 Å². The van der Waals surface area contributed by atoms with Crippen LogP contribution in [0.25, 0.3) is 10.8 Å². The number of nitrogens with zero attached hydrogens (tertiary/aromatic N) is 3. The smallest absolute Gasteiger partial charge is 0.234 e. The Kier molecular flexibility index (Phi) is 7.55. The molecule has 0 spiro atoms. The van der Waals surface area contributed by atoms with Gasteiger partial charge in [0.25, 0.3) is 0 Å². The molecule has 0 bridgehead atoms. The van der Waals surface area contributed by atoms with Crippen LogP contribution in [0.4, 0.5) is 5.69 Å². The number of ether oxygens (including phenoxy) is 1. The van der Waals surface area contributed by atoms with E-state index >= 15 is 0 Å². The third-order valence-corrected chi connectivity index (χ3v) is 6.61. The third-order valence-electron chi connectivity index (χ3n) is 5.41. The molecule has 0 aliphatic heterocycles. The average Bonchev–Trinajstić information content (AvgIpc) is 3.21. The van der Waals surface area contributed by atoms with Crippen molar-refractivity contribution in [1.82, 2.24) is 14.8 Å². The fraction of sp³-hybridized carbons (Fsp3) is 0.192. The van der Waals surface area contributed by atoms with Crippen LogP contribution in [-0.2, 0) is 17.9 Å². The number of benzene rings is 3. The van der Waals surface area contributed by atoms with Gasteiger partial charge < -0.3 is 10.1 Å². The number of thioether (sulfide) groups is 1. The van der Waals surface area contributed by atoms with Crippen molar-refractivity contribution in [2.24, 2.45) is 0 Å². The fourth-order valence-electron chi connectivity index (χ4n) is 3.63. The molecule has 0 fully saturated rings. The number of halogens is 1. The summed E-state index contributed by atoms with van der Waals surface area (Å²) < 4.78 is 8.01. The number of carbonyl (C=O) groups is 1. The first-order valence-corrected chi connectivity index (χ1v) is 12.2. The first kappa shape index (κ1) is 23.9. The molecule has 4 aromatic rings. The van der Waals surface area contributed by atoms with Crippen molar-refractivity contribution < 1.29 is 9.53 Å². The Morgan fingerprint density at radius 2 is 2.00 bits per heavy atom. The number of aromatic nitrogens is 3. The monoisotopic (exact) mass is 492 g/mol. The van der Waals surface area contributed by atoms with E-state index in [1.54, 1.807) is 18.2 Å². The molecule has 0 atom stereocenters. The van der Waals surface area contributed by atoms with Crippen LogP contribution in [0.5, 0.6) is 5.75 Å². The van der Waals surface area contributed by atoms with Crippen LogP contribution in [0.3, 0.4) is 0 Å². The topological polar surface area (TPSA) is 69.0 Å². The second-order valence-electron chi connectivity index (χ2n) is 7.79. The van der Waals surface area contributed by atoms with E-state index in [4.69, 9.17) is 16.3 Å². The molecule has 8 heteroatoms. The zero-order valence-electron chi connectivity index (χ0n) is 19.0. The first-order chi connectivity index (χ1) is 16.5. The maximum Gasteiger partial charge on any atom is 0.234 e. The van der Waals surface area contributed by atoms with Gasteiger partial charge in [0.2, 0.25) is 5.91 Å². The summed E-state index contributed by atoms with van der Waals surface area (Å²) in [5.74, 6) is 1.54. The molecule has 0 radical (unpaired) electrons. The number of rotatable bonds is 9. The second kappa shape index (κ2) is 10.8. The van der Waals surface area contributed by atoms with Crippen molar-refractivity contribution >= 4 is 45.7 Å². The molecule has 4 rings (SSSR count). The minimum atomic E-state index is -0.131. The molecule has 0 unspecified atom stereocenters. The van der Waals surface area contributed by atoms with Gasteiger partial charge in [-0.25, -0.2) is 0 Å². The van der Waals surface area contributed by atoms with Crippen LogP contribution in [0.2, 0.25) is 5.02 Å². The van der Waals surface area contributed by atoms with Crippen LogP contribution in [0, 0.1) is 13.8 Å². The van der Waals surface area contributed by atoms with Gasteiger partial charge in [0.15, 0.2) is 11.0 Å². The van der Waals surface area contributed by atoms with Crippen molar-refractivity contribution in [2.75, 3.05) is 11.1 Å². The lowest BCUT2D eigenvalue weighted by Gasteiger charge is -2.12. The lowest BCUT2D eigenvalue weighted by atomic mass is 10.0. The number of carbonyl (C=O) groups excluding carboxylic acids is 1. The Morgan fingerprint density at radius 3 is 2.79 bits per heavy atom. The van der Waals surface area contributed by atoms with Gasteiger partial charge >= 0.3 is 0 Å². The number of amides is 1. The van der Waals surface area contributed by atoms with Crippen LogP contribution in [-0.4, -0.2) is 26.4 Å².